The minimum Gasteiger partial charge on any atom is -0.326 e. The SMILES string of the molecule is Cc1cc(C(F)(F)F)ccc1-c1ccc(Cl)cc1CN. The third-order valence-electron chi connectivity index (χ3n) is 3.13. The normalized spacial score (nSPS) is 11.7. The summed E-state index contributed by atoms with van der Waals surface area (Å²) in [5, 5.41) is 0.554. The Kier molecular flexibility index (Phi) is 4.06. The summed E-state index contributed by atoms with van der Waals surface area (Å²) in [7, 11) is 0. The van der Waals surface area contributed by atoms with Gasteiger partial charge >= 0.3 is 6.18 Å². The molecule has 2 aromatic rings. The lowest BCUT2D eigenvalue weighted by atomic mass is 9.94. The average Bonchev–Trinajstić information content (AvgIpc) is 2.38. The summed E-state index contributed by atoms with van der Waals surface area (Å²) in [6.45, 7) is 1.93. The zero-order valence-electron chi connectivity index (χ0n) is 10.8. The van der Waals surface area contributed by atoms with E-state index in [9.17, 15) is 13.2 Å². The molecule has 0 saturated carbocycles. The molecule has 0 amide bonds. The standard InChI is InChI=1S/C15H13ClF3N/c1-9-6-11(15(17,18)19)2-4-13(9)14-5-3-12(16)7-10(14)8-20/h2-7H,8,20H2,1H3. The van der Waals surface area contributed by atoms with Crippen LogP contribution in [-0.2, 0) is 12.7 Å². The third kappa shape index (κ3) is 2.97. The zero-order chi connectivity index (χ0) is 14.9. The van der Waals surface area contributed by atoms with Gasteiger partial charge in [0.05, 0.1) is 5.56 Å². The van der Waals surface area contributed by atoms with E-state index in [-0.39, 0.29) is 6.54 Å². The summed E-state index contributed by atoms with van der Waals surface area (Å²) in [5.74, 6) is 0. The number of aryl methyl sites for hydroxylation is 1. The Morgan fingerprint density at radius 2 is 1.70 bits per heavy atom. The van der Waals surface area contributed by atoms with Crippen LogP contribution in [0.5, 0.6) is 0 Å². The molecule has 0 radical (unpaired) electrons. The first kappa shape index (κ1) is 14.9. The molecule has 0 heterocycles. The van der Waals surface area contributed by atoms with E-state index in [4.69, 9.17) is 17.3 Å². The Bertz CT molecular complexity index is 636. The minimum absolute atomic E-state index is 0.274. The van der Waals surface area contributed by atoms with E-state index in [0.717, 1.165) is 28.8 Å². The molecule has 0 atom stereocenters. The van der Waals surface area contributed by atoms with Crippen molar-refractivity contribution < 1.29 is 13.2 Å². The van der Waals surface area contributed by atoms with Crippen molar-refractivity contribution in [2.45, 2.75) is 19.6 Å². The van der Waals surface area contributed by atoms with Crippen molar-refractivity contribution in [1.82, 2.24) is 0 Å². The molecule has 1 nitrogen and oxygen atoms in total. The first-order chi connectivity index (χ1) is 9.32. The van der Waals surface area contributed by atoms with Crippen molar-refractivity contribution in [3.63, 3.8) is 0 Å². The maximum Gasteiger partial charge on any atom is 0.416 e. The molecule has 0 spiro atoms. The highest BCUT2D eigenvalue weighted by Gasteiger charge is 2.30. The van der Waals surface area contributed by atoms with E-state index in [1.807, 2.05) is 0 Å². The van der Waals surface area contributed by atoms with Crippen LogP contribution in [0.2, 0.25) is 5.02 Å². The van der Waals surface area contributed by atoms with Gasteiger partial charge in [0.15, 0.2) is 0 Å². The van der Waals surface area contributed by atoms with E-state index >= 15 is 0 Å². The summed E-state index contributed by atoms with van der Waals surface area (Å²) in [6, 6.07) is 8.91. The molecule has 0 aromatic heterocycles. The van der Waals surface area contributed by atoms with Crippen molar-refractivity contribution in [2.75, 3.05) is 0 Å². The van der Waals surface area contributed by atoms with Crippen LogP contribution in [0.25, 0.3) is 11.1 Å². The number of benzene rings is 2. The summed E-state index contributed by atoms with van der Waals surface area (Å²) >= 11 is 5.90. The fourth-order valence-electron chi connectivity index (χ4n) is 2.14. The molecular weight excluding hydrogens is 287 g/mol. The maximum atomic E-state index is 12.7. The van der Waals surface area contributed by atoms with Crippen LogP contribution in [0.1, 0.15) is 16.7 Å². The fraction of sp³-hybridized carbons (Fsp3) is 0.200. The lowest BCUT2D eigenvalue weighted by Crippen LogP contribution is -2.06. The van der Waals surface area contributed by atoms with Crippen molar-refractivity contribution in [3.8, 4) is 11.1 Å². The van der Waals surface area contributed by atoms with Crippen molar-refractivity contribution in [1.29, 1.82) is 0 Å². The summed E-state index contributed by atoms with van der Waals surface area (Å²) < 4.78 is 38.0. The van der Waals surface area contributed by atoms with Crippen LogP contribution in [-0.4, -0.2) is 0 Å². The molecule has 0 aliphatic heterocycles. The number of rotatable bonds is 2. The lowest BCUT2D eigenvalue weighted by molar-refractivity contribution is -0.137. The van der Waals surface area contributed by atoms with Gasteiger partial charge in [0.25, 0.3) is 0 Å². The molecule has 106 valence electrons. The number of alkyl halides is 3. The van der Waals surface area contributed by atoms with Gasteiger partial charge in [-0.15, -0.1) is 0 Å². The van der Waals surface area contributed by atoms with E-state index in [1.165, 1.54) is 6.07 Å². The molecule has 2 N–H and O–H groups in total. The topological polar surface area (TPSA) is 26.0 Å². The van der Waals surface area contributed by atoms with Crippen molar-refractivity contribution in [2.24, 2.45) is 5.73 Å². The third-order valence-corrected chi connectivity index (χ3v) is 3.37. The molecule has 0 bridgehead atoms. The Hall–Kier alpha value is -1.52. The highest BCUT2D eigenvalue weighted by molar-refractivity contribution is 6.30. The van der Waals surface area contributed by atoms with Crippen LogP contribution in [0.4, 0.5) is 13.2 Å². The predicted molar refractivity (Wildman–Crippen MR) is 74.5 cm³/mol. The molecule has 2 rings (SSSR count). The quantitative estimate of drug-likeness (QED) is 0.847. The van der Waals surface area contributed by atoms with Gasteiger partial charge < -0.3 is 5.73 Å². The van der Waals surface area contributed by atoms with Crippen molar-refractivity contribution in [3.05, 3.63) is 58.1 Å². The number of nitrogens with two attached hydrogens (primary N) is 1. The van der Waals surface area contributed by atoms with Gasteiger partial charge in [0.2, 0.25) is 0 Å². The lowest BCUT2D eigenvalue weighted by Gasteiger charge is -2.14. The second-order valence-corrected chi connectivity index (χ2v) is 4.97. The van der Waals surface area contributed by atoms with Gasteiger partial charge in [-0.05, 0) is 53.4 Å². The maximum absolute atomic E-state index is 12.7. The average molecular weight is 300 g/mol. The zero-order valence-corrected chi connectivity index (χ0v) is 11.5. The van der Waals surface area contributed by atoms with Gasteiger partial charge in [0, 0.05) is 11.6 Å². The van der Waals surface area contributed by atoms with Crippen molar-refractivity contribution >= 4 is 11.6 Å². The second kappa shape index (κ2) is 5.46. The van der Waals surface area contributed by atoms with Crippen LogP contribution in [0.15, 0.2) is 36.4 Å². The van der Waals surface area contributed by atoms with Gasteiger partial charge in [-0.1, -0.05) is 23.7 Å². The molecule has 0 unspecified atom stereocenters. The summed E-state index contributed by atoms with van der Waals surface area (Å²) in [4.78, 5) is 0. The van der Waals surface area contributed by atoms with Crippen LogP contribution in [0, 0.1) is 6.92 Å². The van der Waals surface area contributed by atoms with Crippen LogP contribution < -0.4 is 5.73 Å². The Labute approximate surface area is 120 Å². The molecule has 0 aliphatic rings. The first-order valence-electron chi connectivity index (χ1n) is 5.99. The number of hydrogen-bond donors (Lipinski definition) is 1. The van der Waals surface area contributed by atoms with E-state index < -0.39 is 11.7 Å². The Morgan fingerprint density at radius 3 is 2.25 bits per heavy atom. The van der Waals surface area contributed by atoms with Crippen LogP contribution in [0.3, 0.4) is 0 Å². The van der Waals surface area contributed by atoms with E-state index in [1.54, 1.807) is 25.1 Å². The second-order valence-electron chi connectivity index (χ2n) is 4.53. The van der Waals surface area contributed by atoms with Gasteiger partial charge in [0.1, 0.15) is 0 Å². The molecule has 20 heavy (non-hydrogen) atoms. The number of hydrogen-bond acceptors (Lipinski definition) is 1. The number of halogens is 4. The largest absolute Gasteiger partial charge is 0.416 e. The minimum atomic E-state index is -4.33. The Balaban J connectivity index is 2.54. The molecule has 2 aromatic carbocycles. The highest BCUT2D eigenvalue weighted by atomic mass is 35.5. The molecular formula is C15H13ClF3N. The molecule has 0 saturated heterocycles. The van der Waals surface area contributed by atoms with Crippen LogP contribution >= 0.6 is 11.6 Å². The summed E-state index contributed by atoms with van der Waals surface area (Å²) in [6.07, 6.45) is -4.33. The Morgan fingerprint density at radius 1 is 1.05 bits per heavy atom. The first-order valence-corrected chi connectivity index (χ1v) is 6.37. The van der Waals surface area contributed by atoms with E-state index in [2.05, 4.69) is 0 Å². The molecule has 0 fully saturated rings. The monoisotopic (exact) mass is 299 g/mol. The van der Waals surface area contributed by atoms with Gasteiger partial charge in [-0.25, -0.2) is 0 Å². The predicted octanol–water partition coefficient (Wildman–Crippen LogP) is 4.79. The van der Waals surface area contributed by atoms with Gasteiger partial charge in [-0.2, -0.15) is 13.2 Å². The van der Waals surface area contributed by atoms with E-state index in [0.29, 0.717) is 10.6 Å². The fourth-order valence-corrected chi connectivity index (χ4v) is 2.33. The van der Waals surface area contributed by atoms with Gasteiger partial charge in [-0.3, -0.25) is 0 Å². The smallest absolute Gasteiger partial charge is 0.326 e. The molecule has 5 heteroatoms. The summed E-state index contributed by atoms with van der Waals surface area (Å²) in [5.41, 5.74) is 7.92. The molecule has 0 aliphatic carbocycles. The highest BCUT2D eigenvalue weighted by Crippen LogP contribution is 2.34.